The van der Waals surface area contributed by atoms with E-state index >= 15 is 0 Å². The highest BCUT2D eigenvalue weighted by Gasteiger charge is 2.23. The van der Waals surface area contributed by atoms with E-state index in [9.17, 15) is 13.4 Å². The lowest BCUT2D eigenvalue weighted by atomic mass is 9.85. The van der Waals surface area contributed by atoms with E-state index in [4.69, 9.17) is 5.26 Å². The Morgan fingerprint density at radius 2 is 2.00 bits per heavy atom. The van der Waals surface area contributed by atoms with Crippen LogP contribution in [0, 0.1) is 17.1 Å². The Hall–Kier alpha value is -1.87. The Balaban J connectivity index is 3.64. The molecule has 0 bridgehead atoms. The van der Waals surface area contributed by atoms with Gasteiger partial charge in [-0.2, -0.15) is 9.47 Å². The van der Waals surface area contributed by atoms with Crippen molar-refractivity contribution in [3.63, 3.8) is 0 Å². The fourth-order valence-electron chi connectivity index (χ4n) is 2.36. The average Bonchev–Trinajstić information content (AvgIpc) is 2.38. The van der Waals surface area contributed by atoms with E-state index < -0.39 is 11.7 Å². The highest BCUT2D eigenvalue weighted by molar-refractivity contribution is 7.55. The highest BCUT2D eigenvalue weighted by atomic mass is 32.1. The van der Waals surface area contributed by atoms with Crippen LogP contribution in [0.25, 0.3) is 0 Å². The van der Waals surface area contributed by atoms with E-state index in [1.54, 1.807) is 13.8 Å². The molecule has 6 heteroatoms. The van der Waals surface area contributed by atoms with Gasteiger partial charge in [0.1, 0.15) is 11.9 Å². The van der Waals surface area contributed by atoms with E-state index in [-0.39, 0.29) is 35.3 Å². The summed E-state index contributed by atoms with van der Waals surface area (Å²) >= 11 is -0.151. The van der Waals surface area contributed by atoms with Crippen LogP contribution in [0.4, 0.5) is 4.39 Å². The number of hydrogen-bond acceptors (Lipinski definition) is 3. The number of halogens is 1. The van der Waals surface area contributed by atoms with Crippen molar-refractivity contribution >= 4 is 17.4 Å². The maximum atomic E-state index is 14.4. The van der Waals surface area contributed by atoms with Crippen molar-refractivity contribution in [1.82, 2.24) is 0 Å². The van der Waals surface area contributed by atoms with Crippen LogP contribution in [0.1, 0.15) is 61.8 Å². The van der Waals surface area contributed by atoms with Gasteiger partial charge in [0.15, 0.2) is 0 Å². The monoisotopic (exact) mass is 308 g/mol. The zero-order valence-electron chi connectivity index (χ0n) is 12.4. The molecular weight excluding hydrogens is 291 g/mol. The van der Waals surface area contributed by atoms with Gasteiger partial charge in [0, 0.05) is 0 Å². The average molecular weight is 308 g/mol. The molecule has 1 amide bonds. The van der Waals surface area contributed by atoms with E-state index in [2.05, 4.69) is 4.36 Å². The molecule has 1 aromatic rings. The predicted octanol–water partition coefficient (Wildman–Crippen LogP) is 3.41. The molecule has 0 aliphatic heterocycles. The van der Waals surface area contributed by atoms with Gasteiger partial charge in [-0.1, -0.05) is 27.7 Å². The second-order valence-electron chi connectivity index (χ2n) is 5.38. The topological polar surface area (TPSA) is 70.3 Å². The lowest BCUT2D eigenvalue weighted by Gasteiger charge is -2.20. The first-order valence-electron chi connectivity index (χ1n) is 6.61. The highest BCUT2D eigenvalue weighted by Crippen LogP contribution is 2.32. The van der Waals surface area contributed by atoms with E-state index in [1.807, 2.05) is 19.9 Å². The zero-order valence-corrected chi connectivity index (χ0v) is 13.3. The van der Waals surface area contributed by atoms with Crippen LogP contribution in [0.2, 0.25) is 0 Å². The Bertz CT molecular complexity index is 657. The first-order valence-corrected chi connectivity index (χ1v) is 7.31. The summed E-state index contributed by atoms with van der Waals surface area (Å²) in [6.45, 7) is 7.42. The molecule has 0 aliphatic carbocycles. The molecule has 0 N–H and O–H groups in total. The maximum absolute atomic E-state index is 14.4. The number of benzene rings is 1. The van der Waals surface area contributed by atoms with Gasteiger partial charge in [-0.15, -0.1) is 4.36 Å². The van der Waals surface area contributed by atoms with Crippen LogP contribution >= 0.6 is 0 Å². The quantitative estimate of drug-likeness (QED) is 0.855. The largest absolute Gasteiger partial charge is 0.271 e. The SMILES string of the molecule is CC(C)c1cc(C#N)c(F)c(C(C)C)c1CC(=O)N=S=O. The normalized spacial score (nSPS) is 10.6. The van der Waals surface area contributed by atoms with Crippen LogP contribution in [-0.4, -0.2) is 10.1 Å². The molecule has 0 saturated heterocycles. The van der Waals surface area contributed by atoms with Gasteiger partial charge in [0.05, 0.1) is 12.0 Å². The number of nitrogens with zero attached hydrogens (tertiary/aromatic N) is 2. The standard InChI is InChI=1S/C15H17FN2O2S/c1-8(2)11-5-10(7-17)15(16)14(9(3)4)12(11)6-13(19)18-21-20/h5,8-9H,6H2,1-4H3. The van der Waals surface area contributed by atoms with Crippen molar-refractivity contribution < 1.29 is 13.4 Å². The molecule has 4 nitrogen and oxygen atoms in total. The summed E-state index contributed by atoms with van der Waals surface area (Å²) in [7, 11) is 0. The molecule has 112 valence electrons. The van der Waals surface area contributed by atoms with Crippen molar-refractivity contribution in [2.75, 3.05) is 0 Å². The second-order valence-corrected chi connectivity index (χ2v) is 5.71. The third kappa shape index (κ3) is 3.82. The summed E-state index contributed by atoms with van der Waals surface area (Å²) in [4.78, 5) is 11.7. The lowest BCUT2D eigenvalue weighted by Crippen LogP contribution is -2.12. The molecule has 0 saturated carbocycles. The zero-order chi connectivity index (χ0) is 16.2. The van der Waals surface area contributed by atoms with Crippen LogP contribution < -0.4 is 0 Å². The molecule has 0 aliphatic rings. The second kappa shape index (κ2) is 7.23. The number of nitriles is 1. The summed E-state index contributed by atoms with van der Waals surface area (Å²) < 4.78 is 28.0. The minimum Gasteiger partial charge on any atom is -0.271 e. The molecule has 1 rings (SSSR count). The molecule has 0 aromatic heterocycles. The number of rotatable bonds is 4. The fraction of sp³-hybridized carbons (Fsp3) is 0.467. The van der Waals surface area contributed by atoms with Gasteiger partial charge in [-0.3, -0.25) is 4.79 Å². The lowest BCUT2D eigenvalue weighted by molar-refractivity contribution is -0.117. The number of carbonyl (C=O) groups is 1. The Labute approximate surface area is 127 Å². The van der Waals surface area contributed by atoms with Gasteiger partial charge in [-0.25, -0.2) is 4.39 Å². The molecule has 0 spiro atoms. The number of hydrogen-bond donors (Lipinski definition) is 0. The maximum Gasteiger partial charge on any atom is 0.263 e. The minimum absolute atomic E-state index is 0.0197. The molecule has 0 heterocycles. The minimum atomic E-state index is -0.595. The van der Waals surface area contributed by atoms with Crippen molar-refractivity contribution in [3.8, 4) is 6.07 Å². The predicted molar refractivity (Wildman–Crippen MR) is 78.6 cm³/mol. The van der Waals surface area contributed by atoms with Crippen molar-refractivity contribution in [1.29, 1.82) is 5.26 Å². The Morgan fingerprint density at radius 1 is 1.38 bits per heavy atom. The van der Waals surface area contributed by atoms with Gasteiger partial charge >= 0.3 is 0 Å². The molecular formula is C15H17FN2O2S. The Morgan fingerprint density at radius 3 is 2.43 bits per heavy atom. The first kappa shape index (κ1) is 17.2. The molecule has 0 fully saturated rings. The van der Waals surface area contributed by atoms with E-state index in [0.29, 0.717) is 11.1 Å². The summed E-state index contributed by atoms with van der Waals surface area (Å²) in [5.41, 5.74) is 1.63. The van der Waals surface area contributed by atoms with Gasteiger partial charge in [0.2, 0.25) is 11.5 Å². The van der Waals surface area contributed by atoms with Crippen LogP contribution in [0.3, 0.4) is 0 Å². The Kier molecular flexibility index (Phi) is 5.91. The van der Waals surface area contributed by atoms with Crippen LogP contribution in [0.15, 0.2) is 10.4 Å². The molecule has 0 unspecified atom stereocenters. The number of carbonyl (C=O) groups excluding carboxylic acids is 1. The first-order chi connectivity index (χ1) is 9.83. The van der Waals surface area contributed by atoms with Gasteiger partial charge in [0.25, 0.3) is 5.91 Å². The van der Waals surface area contributed by atoms with Crippen molar-refractivity contribution in [2.45, 2.75) is 46.0 Å². The van der Waals surface area contributed by atoms with Crippen LogP contribution in [-0.2, 0) is 22.7 Å². The van der Waals surface area contributed by atoms with Crippen LogP contribution in [0.5, 0.6) is 0 Å². The molecule has 0 atom stereocenters. The van der Waals surface area contributed by atoms with Gasteiger partial charge in [-0.05, 0) is 34.6 Å². The molecule has 21 heavy (non-hydrogen) atoms. The third-order valence-corrected chi connectivity index (χ3v) is 3.51. The summed E-state index contributed by atoms with van der Waals surface area (Å²) in [5, 5.41) is 9.07. The smallest absolute Gasteiger partial charge is 0.263 e. The van der Waals surface area contributed by atoms with Crippen molar-refractivity contribution in [3.05, 3.63) is 34.1 Å². The van der Waals surface area contributed by atoms with E-state index in [1.165, 1.54) is 6.07 Å². The fourth-order valence-corrected chi connectivity index (χ4v) is 2.51. The summed E-state index contributed by atoms with van der Waals surface area (Å²) in [6, 6.07) is 3.34. The summed E-state index contributed by atoms with van der Waals surface area (Å²) in [5.74, 6) is -1.34. The van der Waals surface area contributed by atoms with Crippen molar-refractivity contribution in [2.24, 2.45) is 4.36 Å². The third-order valence-electron chi connectivity index (χ3n) is 3.23. The van der Waals surface area contributed by atoms with Gasteiger partial charge < -0.3 is 0 Å². The number of amides is 1. The van der Waals surface area contributed by atoms with E-state index in [0.717, 1.165) is 5.56 Å². The molecule has 0 radical (unpaired) electrons. The molecule has 1 aromatic carbocycles. The summed E-state index contributed by atoms with van der Waals surface area (Å²) in [6.07, 6.45) is -0.126.